The van der Waals surface area contributed by atoms with Crippen LogP contribution in [0.25, 0.3) is 0 Å². The zero-order valence-electron chi connectivity index (χ0n) is 7.98. The van der Waals surface area contributed by atoms with Crippen LogP contribution in [0.5, 0.6) is 0 Å². The third-order valence-corrected chi connectivity index (χ3v) is 2.57. The van der Waals surface area contributed by atoms with Gasteiger partial charge in [-0.2, -0.15) is 0 Å². The van der Waals surface area contributed by atoms with Crippen LogP contribution in [-0.4, -0.2) is 20.6 Å². The molecule has 2 heterocycles. The van der Waals surface area contributed by atoms with Gasteiger partial charge in [0.1, 0.15) is 5.84 Å². The molecule has 5 nitrogen and oxygen atoms in total. The first kappa shape index (κ1) is 9.05. The van der Waals surface area contributed by atoms with E-state index in [1.807, 2.05) is 6.33 Å². The number of hydrogen-bond acceptors (Lipinski definition) is 3. The Balaban J connectivity index is 2.22. The number of imidazole rings is 1. The standard InChI is InChI=1S/C9H14N4O/c10-9(12-14)5-7-8-3-1-2-4-13(8)6-11-7/h6,14H,1-5H2,(H2,10,12). The molecule has 0 amide bonds. The molecule has 3 N–H and O–H groups in total. The van der Waals surface area contributed by atoms with Crippen molar-refractivity contribution in [3.8, 4) is 0 Å². The summed E-state index contributed by atoms with van der Waals surface area (Å²) in [7, 11) is 0. The van der Waals surface area contributed by atoms with E-state index in [1.165, 1.54) is 18.5 Å². The van der Waals surface area contributed by atoms with Crippen LogP contribution in [-0.2, 0) is 19.4 Å². The van der Waals surface area contributed by atoms with Gasteiger partial charge in [-0.3, -0.25) is 0 Å². The van der Waals surface area contributed by atoms with Gasteiger partial charge >= 0.3 is 0 Å². The largest absolute Gasteiger partial charge is 0.409 e. The lowest BCUT2D eigenvalue weighted by atomic mass is 10.1. The fourth-order valence-corrected chi connectivity index (χ4v) is 1.86. The molecule has 0 radical (unpaired) electrons. The smallest absolute Gasteiger partial charge is 0.145 e. The predicted molar refractivity (Wildman–Crippen MR) is 52.3 cm³/mol. The molecule has 1 aromatic rings. The minimum atomic E-state index is 0.220. The Bertz CT molecular complexity index is 356. The number of rotatable bonds is 2. The maximum absolute atomic E-state index is 8.47. The molecule has 0 saturated carbocycles. The number of fused-ring (bicyclic) bond motifs is 1. The van der Waals surface area contributed by atoms with Crippen molar-refractivity contribution in [2.45, 2.75) is 32.2 Å². The van der Waals surface area contributed by atoms with Gasteiger partial charge in [0.25, 0.3) is 0 Å². The van der Waals surface area contributed by atoms with E-state index < -0.39 is 0 Å². The molecule has 0 unspecified atom stereocenters. The molecule has 0 spiro atoms. The fourth-order valence-electron chi connectivity index (χ4n) is 1.86. The predicted octanol–water partition coefficient (Wildman–Crippen LogP) is 0.508. The van der Waals surface area contributed by atoms with Gasteiger partial charge in [-0.05, 0) is 19.3 Å². The first-order valence-corrected chi connectivity index (χ1v) is 4.80. The molecular weight excluding hydrogens is 180 g/mol. The van der Waals surface area contributed by atoms with Crippen LogP contribution in [0.3, 0.4) is 0 Å². The zero-order chi connectivity index (χ0) is 9.97. The summed E-state index contributed by atoms with van der Waals surface area (Å²) in [6.45, 7) is 1.04. The highest BCUT2D eigenvalue weighted by Crippen LogP contribution is 2.17. The summed E-state index contributed by atoms with van der Waals surface area (Å²) in [6.07, 6.45) is 5.75. The minimum absolute atomic E-state index is 0.220. The van der Waals surface area contributed by atoms with Crippen LogP contribution >= 0.6 is 0 Å². The summed E-state index contributed by atoms with van der Waals surface area (Å²) in [6, 6.07) is 0. The minimum Gasteiger partial charge on any atom is -0.409 e. The first-order valence-electron chi connectivity index (χ1n) is 4.80. The lowest BCUT2D eigenvalue weighted by Crippen LogP contribution is -2.17. The quantitative estimate of drug-likeness (QED) is 0.311. The maximum Gasteiger partial charge on any atom is 0.145 e. The normalized spacial score (nSPS) is 16.7. The third kappa shape index (κ3) is 1.57. The van der Waals surface area contributed by atoms with Gasteiger partial charge in [-0.1, -0.05) is 5.16 Å². The molecule has 1 aromatic heterocycles. The van der Waals surface area contributed by atoms with Crippen LogP contribution in [0.15, 0.2) is 11.5 Å². The van der Waals surface area contributed by atoms with Crippen LogP contribution < -0.4 is 5.73 Å². The number of hydrogen-bond donors (Lipinski definition) is 2. The van der Waals surface area contributed by atoms with Crippen molar-refractivity contribution in [1.29, 1.82) is 0 Å². The lowest BCUT2D eigenvalue weighted by Gasteiger charge is -2.14. The van der Waals surface area contributed by atoms with E-state index >= 15 is 0 Å². The SMILES string of the molecule is N/C(Cc1ncn2c1CCCC2)=N\O. The topological polar surface area (TPSA) is 76.4 Å². The van der Waals surface area contributed by atoms with Crippen molar-refractivity contribution in [2.75, 3.05) is 0 Å². The van der Waals surface area contributed by atoms with Crippen molar-refractivity contribution >= 4 is 5.84 Å². The maximum atomic E-state index is 8.47. The molecule has 14 heavy (non-hydrogen) atoms. The van der Waals surface area contributed by atoms with E-state index in [2.05, 4.69) is 14.7 Å². The second-order valence-electron chi connectivity index (χ2n) is 3.56. The van der Waals surface area contributed by atoms with E-state index in [-0.39, 0.29) is 5.84 Å². The van der Waals surface area contributed by atoms with Crippen molar-refractivity contribution in [3.63, 3.8) is 0 Å². The van der Waals surface area contributed by atoms with E-state index in [0.717, 1.165) is 18.7 Å². The summed E-state index contributed by atoms with van der Waals surface area (Å²) in [5.74, 6) is 0.220. The second-order valence-corrected chi connectivity index (χ2v) is 3.56. The molecule has 0 aliphatic carbocycles. The lowest BCUT2D eigenvalue weighted by molar-refractivity contribution is 0.317. The van der Waals surface area contributed by atoms with E-state index in [9.17, 15) is 0 Å². The van der Waals surface area contributed by atoms with E-state index in [0.29, 0.717) is 6.42 Å². The van der Waals surface area contributed by atoms with Gasteiger partial charge in [0.15, 0.2) is 0 Å². The Morgan fingerprint density at radius 2 is 2.50 bits per heavy atom. The number of nitrogens with two attached hydrogens (primary N) is 1. The van der Waals surface area contributed by atoms with Gasteiger partial charge in [0.2, 0.25) is 0 Å². The number of aryl methyl sites for hydroxylation is 1. The molecule has 5 heteroatoms. The third-order valence-electron chi connectivity index (χ3n) is 2.57. The monoisotopic (exact) mass is 194 g/mol. The van der Waals surface area contributed by atoms with Crippen molar-refractivity contribution in [1.82, 2.24) is 9.55 Å². The Kier molecular flexibility index (Phi) is 2.39. The highest BCUT2D eigenvalue weighted by atomic mass is 16.4. The Labute approximate surface area is 82.2 Å². The summed E-state index contributed by atoms with van der Waals surface area (Å²) in [5, 5.41) is 11.4. The summed E-state index contributed by atoms with van der Waals surface area (Å²) >= 11 is 0. The molecule has 0 saturated heterocycles. The van der Waals surface area contributed by atoms with Gasteiger partial charge in [0, 0.05) is 12.2 Å². The van der Waals surface area contributed by atoms with Crippen LogP contribution in [0.2, 0.25) is 0 Å². The molecule has 0 aromatic carbocycles. The van der Waals surface area contributed by atoms with Crippen molar-refractivity contribution in [2.24, 2.45) is 10.9 Å². The number of amidine groups is 1. The van der Waals surface area contributed by atoms with Crippen molar-refractivity contribution in [3.05, 3.63) is 17.7 Å². The van der Waals surface area contributed by atoms with Gasteiger partial charge < -0.3 is 15.5 Å². The average molecular weight is 194 g/mol. The van der Waals surface area contributed by atoms with Gasteiger partial charge in [-0.25, -0.2) is 4.98 Å². The summed E-state index contributed by atoms with van der Waals surface area (Å²) in [4.78, 5) is 4.28. The Morgan fingerprint density at radius 1 is 1.64 bits per heavy atom. The number of oxime groups is 1. The molecule has 0 fully saturated rings. The van der Waals surface area contributed by atoms with Crippen LogP contribution in [0, 0.1) is 0 Å². The average Bonchev–Trinajstić information content (AvgIpc) is 2.62. The summed E-state index contributed by atoms with van der Waals surface area (Å²) < 4.78 is 2.16. The fraction of sp³-hybridized carbons (Fsp3) is 0.556. The molecule has 0 bridgehead atoms. The van der Waals surface area contributed by atoms with Gasteiger partial charge in [0.05, 0.1) is 18.4 Å². The van der Waals surface area contributed by atoms with Gasteiger partial charge in [-0.15, -0.1) is 0 Å². The van der Waals surface area contributed by atoms with Crippen LogP contribution in [0.1, 0.15) is 24.2 Å². The Hall–Kier alpha value is -1.52. The van der Waals surface area contributed by atoms with E-state index in [1.54, 1.807) is 0 Å². The highest BCUT2D eigenvalue weighted by Gasteiger charge is 2.15. The molecule has 2 rings (SSSR count). The first-order chi connectivity index (χ1) is 6.81. The van der Waals surface area contributed by atoms with E-state index in [4.69, 9.17) is 10.9 Å². The molecule has 0 atom stereocenters. The molecule has 1 aliphatic rings. The zero-order valence-corrected chi connectivity index (χ0v) is 7.98. The summed E-state index contributed by atoms with van der Waals surface area (Å²) in [5.41, 5.74) is 7.63. The molecule has 1 aliphatic heterocycles. The van der Waals surface area contributed by atoms with Crippen LogP contribution in [0.4, 0.5) is 0 Å². The number of nitrogens with zero attached hydrogens (tertiary/aromatic N) is 3. The molecule has 76 valence electrons. The highest BCUT2D eigenvalue weighted by molar-refractivity contribution is 5.81. The second kappa shape index (κ2) is 3.69. The Morgan fingerprint density at radius 3 is 3.29 bits per heavy atom. The number of aromatic nitrogens is 2. The van der Waals surface area contributed by atoms with Crippen molar-refractivity contribution < 1.29 is 5.21 Å². The molecular formula is C9H14N4O.